The summed E-state index contributed by atoms with van der Waals surface area (Å²) in [7, 11) is 0. The molecule has 1 N–H and O–H groups in total. The van der Waals surface area contributed by atoms with Crippen LogP contribution in [0.4, 0.5) is 14.6 Å². The lowest BCUT2D eigenvalue weighted by Crippen LogP contribution is -2.38. The van der Waals surface area contributed by atoms with E-state index in [2.05, 4.69) is 22.4 Å². The molecule has 0 bridgehead atoms. The van der Waals surface area contributed by atoms with Crippen LogP contribution in [0.1, 0.15) is 107 Å². The lowest BCUT2D eigenvalue weighted by molar-refractivity contribution is -0.161. The third-order valence-corrected chi connectivity index (χ3v) is 8.58. The van der Waals surface area contributed by atoms with Crippen molar-refractivity contribution in [3.05, 3.63) is 52.7 Å². The first-order valence-electron chi connectivity index (χ1n) is 15.2. The van der Waals surface area contributed by atoms with Crippen molar-refractivity contribution < 1.29 is 18.3 Å². The predicted molar refractivity (Wildman–Crippen MR) is 153 cm³/mol. The predicted octanol–water partition coefficient (Wildman–Crippen LogP) is 6.70. The van der Waals surface area contributed by atoms with E-state index in [4.69, 9.17) is 9.72 Å². The van der Waals surface area contributed by atoms with Gasteiger partial charge < -0.3 is 10.1 Å². The van der Waals surface area contributed by atoms with Gasteiger partial charge in [-0.05, 0) is 96.4 Å². The third-order valence-electron chi connectivity index (χ3n) is 8.58. The number of anilines is 1. The van der Waals surface area contributed by atoms with Crippen LogP contribution >= 0.6 is 0 Å². The van der Waals surface area contributed by atoms with Crippen molar-refractivity contribution >= 4 is 11.8 Å². The number of pyridine rings is 2. The minimum Gasteiger partial charge on any atom is -0.459 e. The molecule has 3 aliphatic rings. The Morgan fingerprint density at radius 2 is 2.02 bits per heavy atom. The van der Waals surface area contributed by atoms with E-state index in [0.717, 1.165) is 75.1 Å². The molecule has 2 aromatic rings. The van der Waals surface area contributed by atoms with Gasteiger partial charge in [-0.1, -0.05) is 18.9 Å². The molecule has 1 saturated carbocycles. The summed E-state index contributed by atoms with van der Waals surface area (Å²) in [5, 5.41) is 3.38. The van der Waals surface area contributed by atoms with Crippen LogP contribution in [0.3, 0.4) is 0 Å². The number of hydrogen-bond donors (Lipinski definition) is 1. The molecule has 5 rings (SSSR count). The van der Waals surface area contributed by atoms with Crippen molar-refractivity contribution in [1.82, 2.24) is 14.9 Å². The molecular weight excluding hydrogens is 510 g/mol. The van der Waals surface area contributed by atoms with E-state index in [-0.39, 0.29) is 11.8 Å². The van der Waals surface area contributed by atoms with Gasteiger partial charge in [0.2, 0.25) is 0 Å². The van der Waals surface area contributed by atoms with Gasteiger partial charge in [0.05, 0.1) is 6.20 Å². The smallest absolute Gasteiger partial charge is 0.328 e. The zero-order valence-corrected chi connectivity index (χ0v) is 24.2. The Labute approximate surface area is 237 Å². The van der Waals surface area contributed by atoms with Gasteiger partial charge in [-0.3, -0.25) is 9.88 Å². The molecule has 8 heteroatoms. The second-order valence-corrected chi connectivity index (χ2v) is 12.8. The number of esters is 1. The van der Waals surface area contributed by atoms with Gasteiger partial charge >= 0.3 is 5.97 Å². The first-order valence-corrected chi connectivity index (χ1v) is 15.2. The number of fused-ring (bicyclic) bond motifs is 1. The zero-order chi connectivity index (χ0) is 28.3. The first-order chi connectivity index (χ1) is 19.2. The highest BCUT2D eigenvalue weighted by Gasteiger charge is 2.41. The molecule has 2 aromatic heterocycles. The second-order valence-electron chi connectivity index (χ2n) is 12.8. The molecule has 2 aliphatic heterocycles. The number of carbonyl (C=O) groups excluding carboxylic acids is 1. The Bertz CT molecular complexity index is 1180. The topological polar surface area (TPSA) is 67.3 Å². The number of carbonyl (C=O) groups is 1. The summed E-state index contributed by atoms with van der Waals surface area (Å²) >= 11 is 0. The van der Waals surface area contributed by atoms with Gasteiger partial charge in [0, 0.05) is 41.9 Å². The fourth-order valence-corrected chi connectivity index (χ4v) is 6.27. The summed E-state index contributed by atoms with van der Waals surface area (Å²) in [6.07, 6.45) is 9.27. The largest absolute Gasteiger partial charge is 0.459 e. The van der Waals surface area contributed by atoms with Gasteiger partial charge in [0.1, 0.15) is 29.4 Å². The number of rotatable bonds is 10. The molecule has 0 amide bonds. The molecular formula is C32H44F2N4O2. The van der Waals surface area contributed by atoms with Crippen molar-refractivity contribution in [3.8, 4) is 0 Å². The maximum Gasteiger partial charge on any atom is 0.328 e. The van der Waals surface area contributed by atoms with Gasteiger partial charge in [0.25, 0.3) is 0 Å². The third kappa shape index (κ3) is 6.99. The molecule has 1 saturated heterocycles. The van der Waals surface area contributed by atoms with E-state index in [9.17, 15) is 9.18 Å². The number of aromatic nitrogens is 2. The summed E-state index contributed by atoms with van der Waals surface area (Å²) in [6.45, 7) is 7.49. The van der Waals surface area contributed by atoms with Crippen molar-refractivity contribution in [2.75, 3.05) is 25.0 Å². The Morgan fingerprint density at radius 3 is 2.77 bits per heavy atom. The van der Waals surface area contributed by atoms with E-state index in [1.54, 1.807) is 0 Å². The molecule has 0 spiro atoms. The highest BCUT2D eigenvalue weighted by Crippen LogP contribution is 2.41. The SMILES string of the molecule is CC(C)(C)OC(=O)C(c1cc(F)cnc1C1CCC1)N1CCC(C(F)CCCCc2ccc3c(n2)NCCC3)C1. The van der Waals surface area contributed by atoms with Crippen LogP contribution in [-0.2, 0) is 22.4 Å². The standard InChI is InChI=1S/C32H44F2N4O2/c1-32(2,3)40-31(39)29(26-18-24(33)19-36-28(26)21-8-6-9-21)38-17-15-23(20-38)27(34)12-5-4-11-25-14-13-22-10-7-16-35-30(22)37-25/h13-14,18-19,21,23,27,29H,4-12,15-17,20H2,1-3H3,(H,35,37). The quantitative estimate of drug-likeness (QED) is 0.261. The zero-order valence-electron chi connectivity index (χ0n) is 24.2. The van der Waals surface area contributed by atoms with E-state index >= 15 is 4.39 Å². The highest BCUT2D eigenvalue weighted by molar-refractivity contribution is 5.78. The summed E-state index contributed by atoms with van der Waals surface area (Å²) in [5.74, 6) is 0.197. The van der Waals surface area contributed by atoms with Gasteiger partial charge in [-0.2, -0.15) is 0 Å². The fraction of sp³-hybridized carbons (Fsp3) is 0.656. The molecule has 4 heterocycles. The Morgan fingerprint density at radius 1 is 1.20 bits per heavy atom. The van der Waals surface area contributed by atoms with E-state index in [0.29, 0.717) is 31.5 Å². The number of alkyl halides is 1. The van der Waals surface area contributed by atoms with E-state index in [1.807, 2.05) is 25.7 Å². The van der Waals surface area contributed by atoms with Crippen LogP contribution in [0.15, 0.2) is 24.4 Å². The fourth-order valence-electron chi connectivity index (χ4n) is 6.27. The summed E-state index contributed by atoms with van der Waals surface area (Å²) in [4.78, 5) is 24.7. The van der Waals surface area contributed by atoms with Crippen LogP contribution < -0.4 is 5.32 Å². The molecule has 0 aromatic carbocycles. The highest BCUT2D eigenvalue weighted by atomic mass is 19.1. The summed E-state index contributed by atoms with van der Waals surface area (Å²) < 4.78 is 35.7. The van der Waals surface area contributed by atoms with Crippen molar-refractivity contribution in [1.29, 1.82) is 0 Å². The maximum atomic E-state index is 15.5. The number of halogens is 2. The van der Waals surface area contributed by atoms with Gasteiger partial charge in [0.15, 0.2) is 0 Å². The van der Waals surface area contributed by atoms with E-state index in [1.165, 1.54) is 17.8 Å². The average Bonchev–Trinajstić information content (AvgIpc) is 3.36. The number of aryl methyl sites for hydroxylation is 2. The number of nitrogens with one attached hydrogen (secondary N) is 1. The van der Waals surface area contributed by atoms with Gasteiger partial charge in [-0.15, -0.1) is 0 Å². The molecule has 3 atom stereocenters. The second kappa shape index (κ2) is 12.5. The molecule has 6 nitrogen and oxygen atoms in total. The number of ether oxygens (including phenoxy) is 1. The first kappa shape index (κ1) is 28.9. The van der Waals surface area contributed by atoms with Crippen LogP contribution in [0, 0.1) is 11.7 Å². The van der Waals surface area contributed by atoms with Crippen molar-refractivity contribution in [2.45, 2.75) is 109 Å². The lowest BCUT2D eigenvalue weighted by atomic mass is 9.80. The monoisotopic (exact) mass is 554 g/mol. The molecule has 2 fully saturated rings. The number of likely N-dealkylation sites (tertiary alicyclic amines) is 1. The lowest BCUT2D eigenvalue weighted by Gasteiger charge is -2.34. The molecule has 1 aliphatic carbocycles. The molecule has 3 unspecified atom stereocenters. The van der Waals surface area contributed by atoms with Crippen LogP contribution in [0.25, 0.3) is 0 Å². The molecule has 218 valence electrons. The normalized spacial score (nSPS) is 21.3. The molecule has 0 radical (unpaired) electrons. The Kier molecular flexibility index (Phi) is 9.03. The van der Waals surface area contributed by atoms with Crippen LogP contribution in [-0.4, -0.2) is 52.2 Å². The minimum absolute atomic E-state index is 0.162. The van der Waals surface area contributed by atoms with Crippen molar-refractivity contribution in [3.63, 3.8) is 0 Å². The number of unbranched alkanes of at least 4 members (excludes halogenated alkanes) is 1. The average molecular weight is 555 g/mol. The Hall–Kier alpha value is -2.61. The Balaban J connectivity index is 1.21. The van der Waals surface area contributed by atoms with E-state index < -0.39 is 29.6 Å². The molecule has 40 heavy (non-hydrogen) atoms. The summed E-state index contributed by atoms with van der Waals surface area (Å²) in [6, 6.07) is 4.93. The van der Waals surface area contributed by atoms with Crippen molar-refractivity contribution in [2.24, 2.45) is 5.92 Å². The number of hydrogen-bond acceptors (Lipinski definition) is 6. The number of nitrogens with zero attached hydrogens (tertiary/aromatic N) is 3. The maximum absolute atomic E-state index is 15.5. The summed E-state index contributed by atoms with van der Waals surface area (Å²) in [5.41, 5.74) is 3.03. The minimum atomic E-state index is -0.945. The van der Waals surface area contributed by atoms with Gasteiger partial charge in [-0.25, -0.2) is 18.6 Å². The van der Waals surface area contributed by atoms with Crippen LogP contribution in [0.5, 0.6) is 0 Å². The van der Waals surface area contributed by atoms with Crippen LogP contribution in [0.2, 0.25) is 0 Å².